The summed E-state index contributed by atoms with van der Waals surface area (Å²) < 4.78 is 4.57. The van der Waals surface area contributed by atoms with Crippen molar-refractivity contribution >= 4 is 17.6 Å². The van der Waals surface area contributed by atoms with Crippen LogP contribution in [0.25, 0.3) is 0 Å². The Hall–Kier alpha value is -2.04. The van der Waals surface area contributed by atoms with E-state index in [2.05, 4.69) is 10.1 Å². The summed E-state index contributed by atoms with van der Waals surface area (Å²) in [5.41, 5.74) is 1.13. The second-order valence-corrected chi connectivity index (χ2v) is 5.42. The molecule has 0 saturated heterocycles. The monoisotopic (exact) mass is 291 g/mol. The standard InChI is InChI=1S/C16H21NO4/c1-21-14(18)4-2-11-17-13-7-5-12(6-8-13)16(15(19)20)9-3-10-16/h5-8,17H,2-4,9-11H2,1H3,(H,19,20). The predicted molar refractivity (Wildman–Crippen MR) is 79.3 cm³/mol. The topological polar surface area (TPSA) is 75.6 Å². The van der Waals surface area contributed by atoms with Gasteiger partial charge in [0.2, 0.25) is 0 Å². The number of methoxy groups -OCH3 is 1. The molecule has 0 aromatic heterocycles. The van der Waals surface area contributed by atoms with Crippen molar-refractivity contribution in [1.29, 1.82) is 0 Å². The molecule has 1 aromatic rings. The van der Waals surface area contributed by atoms with Gasteiger partial charge < -0.3 is 15.2 Å². The van der Waals surface area contributed by atoms with E-state index in [0.29, 0.717) is 32.2 Å². The van der Waals surface area contributed by atoms with Crippen molar-refractivity contribution in [3.05, 3.63) is 29.8 Å². The van der Waals surface area contributed by atoms with Crippen LogP contribution in [-0.4, -0.2) is 30.7 Å². The van der Waals surface area contributed by atoms with Crippen molar-refractivity contribution in [2.45, 2.75) is 37.5 Å². The van der Waals surface area contributed by atoms with E-state index in [-0.39, 0.29) is 5.97 Å². The number of rotatable bonds is 7. The fourth-order valence-electron chi connectivity index (χ4n) is 2.63. The lowest BCUT2D eigenvalue weighted by Crippen LogP contribution is -2.42. The van der Waals surface area contributed by atoms with E-state index in [1.54, 1.807) is 0 Å². The summed E-state index contributed by atoms with van der Waals surface area (Å²) in [7, 11) is 1.38. The Bertz CT molecular complexity index is 506. The number of carbonyl (C=O) groups excluding carboxylic acids is 1. The van der Waals surface area contributed by atoms with Crippen LogP contribution in [0.15, 0.2) is 24.3 Å². The third-order valence-electron chi connectivity index (χ3n) is 4.17. The average Bonchev–Trinajstić information content (AvgIpc) is 2.43. The third kappa shape index (κ3) is 3.35. The van der Waals surface area contributed by atoms with Crippen molar-refractivity contribution in [2.75, 3.05) is 19.0 Å². The number of esters is 1. The zero-order valence-electron chi connectivity index (χ0n) is 12.2. The molecule has 0 heterocycles. The molecule has 0 spiro atoms. The molecule has 1 aliphatic rings. The largest absolute Gasteiger partial charge is 0.481 e. The van der Waals surface area contributed by atoms with Gasteiger partial charge in [-0.3, -0.25) is 9.59 Å². The van der Waals surface area contributed by atoms with Gasteiger partial charge in [0.15, 0.2) is 0 Å². The lowest BCUT2D eigenvalue weighted by Gasteiger charge is -2.38. The highest BCUT2D eigenvalue weighted by Gasteiger charge is 2.45. The molecular weight excluding hydrogens is 270 g/mol. The first kappa shape index (κ1) is 15.4. The van der Waals surface area contributed by atoms with Gasteiger partial charge in [0, 0.05) is 18.7 Å². The highest BCUT2D eigenvalue weighted by atomic mass is 16.5. The summed E-state index contributed by atoms with van der Waals surface area (Å²) in [5.74, 6) is -0.937. The molecule has 1 aliphatic carbocycles. The van der Waals surface area contributed by atoms with Crippen LogP contribution < -0.4 is 5.32 Å². The number of ether oxygens (including phenoxy) is 1. The van der Waals surface area contributed by atoms with E-state index in [0.717, 1.165) is 17.7 Å². The van der Waals surface area contributed by atoms with Crippen LogP contribution in [0.5, 0.6) is 0 Å². The van der Waals surface area contributed by atoms with Gasteiger partial charge in [-0.1, -0.05) is 18.6 Å². The van der Waals surface area contributed by atoms with E-state index < -0.39 is 11.4 Å². The summed E-state index contributed by atoms with van der Waals surface area (Å²) in [6.45, 7) is 0.679. The summed E-state index contributed by atoms with van der Waals surface area (Å²) in [6, 6.07) is 7.57. The van der Waals surface area contributed by atoms with Crippen molar-refractivity contribution < 1.29 is 19.4 Å². The number of carboxylic acids is 1. The Labute approximate surface area is 124 Å². The highest BCUT2D eigenvalue weighted by molar-refractivity contribution is 5.82. The van der Waals surface area contributed by atoms with Crippen LogP contribution >= 0.6 is 0 Å². The highest BCUT2D eigenvalue weighted by Crippen LogP contribution is 2.44. The van der Waals surface area contributed by atoms with E-state index in [9.17, 15) is 14.7 Å². The minimum absolute atomic E-state index is 0.208. The quantitative estimate of drug-likeness (QED) is 0.596. The number of carboxylic acid groups (broad SMARTS) is 1. The lowest BCUT2D eigenvalue weighted by molar-refractivity contribution is -0.147. The second kappa shape index (κ2) is 6.61. The van der Waals surface area contributed by atoms with Crippen molar-refractivity contribution in [3.8, 4) is 0 Å². The predicted octanol–water partition coefficient (Wildman–Crippen LogP) is 2.56. The van der Waals surface area contributed by atoms with Crippen LogP contribution in [0.2, 0.25) is 0 Å². The number of benzene rings is 1. The van der Waals surface area contributed by atoms with Crippen LogP contribution in [0, 0.1) is 0 Å². The molecular formula is C16H21NO4. The third-order valence-corrected chi connectivity index (χ3v) is 4.17. The fraction of sp³-hybridized carbons (Fsp3) is 0.500. The lowest BCUT2D eigenvalue weighted by atomic mass is 9.64. The molecule has 1 saturated carbocycles. The maximum atomic E-state index is 11.4. The van der Waals surface area contributed by atoms with Crippen LogP contribution in [0.4, 0.5) is 5.69 Å². The van der Waals surface area contributed by atoms with Gasteiger partial charge in [0.05, 0.1) is 12.5 Å². The van der Waals surface area contributed by atoms with Crippen molar-refractivity contribution in [2.24, 2.45) is 0 Å². The molecule has 0 atom stereocenters. The molecule has 5 heteroatoms. The first-order valence-corrected chi connectivity index (χ1v) is 7.23. The molecule has 1 fully saturated rings. The maximum absolute atomic E-state index is 11.4. The Morgan fingerprint density at radius 1 is 1.29 bits per heavy atom. The number of anilines is 1. The zero-order chi connectivity index (χ0) is 15.3. The zero-order valence-corrected chi connectivity index (χ0v) is 12.2. The molecule has 0 unspecified atom stereocenters. The number of hydrogen-bond donors (Lipinski definition) is 2. The van der Waals surface area contributed by atoms with Gasteiger partial charge >= 0.3 is 11.9 Å². The van der Waals surface area contributed by atoms with Crippen LogP contribution in [0.1, 0.15) is 37.7 Å². The first-order chi connectivity index (χ1) is 10.1. The minimum atomic E-state index is -0.729. The molecule has 0 bridgehead atoms. The fourth-order valence-corrected chi connectivity index (χ4v) is 2.63. The smallest absolute Gasteiger partial charge is 0.314 e. The van der Waals surface area contributed by atoms with Gasteiger partial charge in [-0.25, -0.2) is 0 Å². The molecule has 1 aromatic carbocycles. The van der Waals surface area contributed by atoms with Crippen molar-refractivity contribution in [1.82, 2.24) is 0 Å². The Balaban J connectivity index is 1.88. The average molecular weight is 291 g/mol. The molecule has 114 valence electrons. The molecule has 0 aliphatic heterocycles. The summed E-state index contributed by atoms with van der Waals surface area (Å²) >= 11 is 0. The number of nitrogens with one attached hydrogen (secondary N) is 1. The van der Waals surface area contributed by atoms with E-state index in [4.69, 9.17) is 0 Å². The second-order valence-electron chi connectivity index (χ2n) is 5.42. The first-order valence-electron chi connectivity index (χ1n) is 7.23. The van der Waals surface area contributed by atoms with Gasteiger partial charge in [-0.2, -0.15) is 0 Å². The molecule has 0 amide bonds. The Kier molecular flexibility index (Phi) is 4.83. The molecule has 5 nitrogen and oxygen atoms in total. The van der Waals surface area contributed by atoms with Gasteiger partial charge in [0.1, 0.15) is 0 Å². The molecule has 2 rings (SSSR count). The number of carbonyl (C=O) groups is 2. The van der Waals surface area contributed by atoms with Crippen LogP contribution in [0.3, 0.4) is 0 Å². The van der Waals surface area contributed by atoms with Gasteiger partial charge in [-0.05, 0) is 37.0 Å². The van der Waals surface area contributed by atoms with E-state index in [1.165, 1.54) is 7.11 Å². The van der Waals surface area contributed by atoms with Gasteiger partial charge in [-0.15, -0.1) is 0 Å². The Morgan fingerprint density at radius 3 is 2.43 bits per heavy atom. The summed E-state index contributed by atoms with van der Waals surface area (Å²) in [4.78, 5) is 22.4. The molecule has 0 radical (unpaired) electrons. The Morgan fingerprint density at radius 2 is 1.95 bits per heavy atom. The molecule has 2 N–H and O–H groups in total. The summed E-state index contributed by atoms with van der Waals surface area (Å²) in [5, 5.41) is 12.6. The maximum Gasteiger partial charge on any atom is 0.314 e. The summed E-state index contributed by atoms with van der Waals surface area (Å²) in [6.07, 6.45) is 3.50. The SMILES string of the molecule is COC(=O)CCCNc1ccc(C2(C(=O)O)CCC2)cc1. The van der Waals surface area contributed by atoms with E-state index in [1.807, 2.05) is 24.3 Å². The van der Waals surface area contributed by atoms with Crippen molar-refractivity contribution in [3.63, 3.8) is 0 Å². The van der Waals surface area contributed by atoms with E-state index >= 15 is 0 Å². The normalized spacial score (nSPS) is 15.9. The number of hydrogen-bond acceptors (Lipinski definition) is 4. The number of aliphatic carboxylic acids is 1. The molecule has 21 heavy (non-hydrogen) atoms. The van der Waals surface area contributed by atoms with Crippen LogP contribution in [-0.2, 0) is 19.7 Å². The van der Waals surface area contributed by atoms with Gasteiger partial charge in [0.25, 0.3) is 0 Å². The minimum Gasteiger partial charge on any atom is -0.481 e.